The number of rotatable bonds is 7. The minimum absolute atomic E-state index is 0.0180. The molecular weight excluding hydrogens is 464 g/mol. The molecule has 3 heterocycles. The summed E-state index contributed by atoms with van der Waals surface area (Å²) in [4.78, 5) is 27.4. The van der Waals surface area contributed by atoms with Crippen LogP contribution in [0.4, 0.5) is 0 Å². The van der Waals surface area contributed by atoms with Gasteiger partial charge in [0.05, 0.1) is 23.7 Å². The lowest BCUT2D eigenvalue weighted by Gasteiger charge is -2.48. The minimum Gasteiger partial charge on any atom is -0.543 e. The topological polar surface area (TPSA) is 73.5 Å². The number of thioether (sulfide) groups is 1. The Morgan fingerprint density at radius 3 is 2.44 bits per heavy atom. The smallest absolute Gasteiger partial charge is 0.236 e. The first-order valence-electron chi connectivity index (χ1n) is 11.6. The van der Waals surface area contributed by atoms with Gasteiger partial charge in [0.1, 0.15) is 5.37 Å². The van der Waals surface area contributed by atoms with Crippen molar-refractivity contribution in [1.29, 1.82) is 0 Å². The summed E-state index contributed by atoms with van der Waals surface area (Å²) in [6, 6.07) is 13.6. The summed E-state index contributed by atoms with van der Waals surface area (Å²) in [5.74, 6) is -1.91. The molecule has 8 heteroatoms. The van der Waals surface area contributed by atoms with Gasteiger partial charge in [0.25, 0.3) is 0 Å². The summed E-state index contributed by atoms with van der Waals surface area (Å²) in [5, 5.41) is 11.9. The van der Waals surface area contributed by atoms with Crippen molar-refractivity contribution in [2.24, 2.45) is 5.92 Å². The normalized spacial score (nSPS) is 21.4. The van der Waals surface area contributed by atoms with Crippen LogP contribution in [0.1, 0.15) is 38.8 Å². The lowest BCUT2D eigenvalue weighted by atomic mass is 9.92. The first kappa shape index (κ1) is 24.7. The second kappa shape index (κ2) is 8.98. The number of pyridine rings is 1. The second-order valence-electron chi connectivity index (χ2n) is 10.5. The van der Waals surface area contributed by atoms with E-state index in [4.69, 9.17) is 4.43 Å². The molecule has 2 aromatic rings. The van der Waals surface area contributed by atoms with E-state index < -0.39 is 14.3 Å². The fourth-order valence-corrected chi connectivity index (χ4v) is 7.37. The Morgan fingerprint density at radius 2 is 1.82 bits per heavy atom. The molecule has 1 aromatic heterocycles. The van der Waals surface area contributed by atoms with E-state index in [0.717, 1.165) is 11.1 Å². The van der Waals surface area contributed by atoms with Crippen LogP contribution in [0.3, 0.4) is 0 Å². The van der Waals surface area contributed by atoms with Gasteiger partial charge in [0.2, 0.25) is 5.91 Å². The number of fused-ring (bicyclic) bond motifs is 1. The van der Waals surface area contributed by atoms with E-state index in [1.807, 2.05) is 66.3 Å². The van der Waals surface area contributed by atoms with Crippen LogP contribution in [0.15, 0.2) is 60.6 Å². The van der Waals surface area contributed by atoms with Gasteiger partial charge in [-0.15, -0.1) is 0 Å². The number of aromatic nitrogens is 1. The van der Waals surface area contributed by atoms with Crippen molar-refractivity contribution < 1.29 is 23.7 Å². The van der Waals surface area contributed by atoms with Crippen LogP contribution in [-0.2, 0) is 20.6 Å². The van der Waals surface area contributed by atoms with Crippen molar-refractivity contribution in [3.8, 4) is 0 Å². The lowest BCUT2D eigenvalue weighted by Crippen LogP contribution is -2.63. The largest absolute Gasteiger partial charge is 0.543 e. The summed E-state index contributed by atoms with van der Waals surface area (Å²) >= 11 is 1.44. The lowest BCUT2D eigenvalue weighted by molar-refractivity contribution is -0.688. The number of carboxylic acids is 1. The summed E-state index contributed by atoms with van der Waals surface area (Å²) in [6.07, 6.45) is 3.65. The molecule has 34 heavy (non-hydrogen) atoms. The molecule has 2 aliphatic heterocycles. The maximum atomic E-state index is 13.2. The number of hydrogen-bond acceptors (Lipinski definition) is 5. The third-order valence-corrected chi connectivity index (χ3v) is 13.1. The van der Waals surface area contributed by atoms with Crippen molar-refractivity contribution in [3.05, 3.63) is 71.7 Å². The monoisotopic (exact) mass is 496 g/mol. The highest BCUT2D eigenvalue weighted by Crippen LogP contribution is 2.55. The molecule has 6 nitrogen and oxygen atoms in total. The average Bonchev–Trinajstić information content (AvgIpc) is 3.09. The maximum absolute atomic E-state index is 13.2. The molecule has 1 aromatic carbocycles. The zero-order chi connectivity index (χ0) is 24.8. The fourth-order valence-electron chi connectivity index (χ4n) is 4.28. The molecule has 4 rings (SSSR count). The zero-order valence-corrected chi connectivity index (χ0v) is 22.4. The number of nitrogens with zero attached hydrogens (tertiary/aromatic N) is 2. The molecule has 180 valence electrons. The molecule has 0 saturated carbocycles. The van der Waals surface area contributed by atoms with E-state index in [2.05, 4.69) is 33.9 Å². The number of benzene rings is 1. The Morgan fingerprint density at radius 1 is 1.18 bits per heavy atom. The Bertz CT molecular complexity index is 1140. The minimum atomic E-state index is -2.08. The van der Waals surface area contributed by atoms with Gasteiger partial charge in [-0.2, -0.15) is 0 Å². The molecular formula is C26H32N2O4SSi. The van der Waals surface area contributed by atoms with Gasteiger partial charge >= 0.3 is 0 Å². The van der Waals surface area contributed by atoms with Gasteiger partial charge in [0.15, 0.2) is 27.3 Å². The van der Waals surface area contributed by atoms with Crippen molar-refractivity contribution in [2.45, 2.75) is 63.8 Å². The number of amides is 1. The molecule has 0 bridgehead atoms. The number of aliphatic carboxylic acids is 1. The maximum Gasteiger partial charge on any atom is 0.236 e. The Balaban J connectivity index is 1.64. The molecule has 1 amide bonds. The Hall–Kier alpha value is -2.42. The molecule has 0 N–H and O–H groups in total. The number of carboxylic acid groups (broad SMARTS) is 1. The summed E-state index contributed by atoms with van der Waals surface area (Å²) in [6.45, 7) is 13.4. The molecule has 0 aliphatic carbocycles. The van der Waals surface area contributed by atoms with E-state index >= 15 is 0 Å². The first-order chi connectivity index (χ1) is 15.9. The third kappa shape index (κ3) is 4.34. The predicted molar refractivity (Wildman–Crippen MR) is 134 cm³/mol. The average molecular weight is 497 g/mol. The SMILES string of the molecule is C[C@@H](O[Si](C)(C)C(C)(C)C)[C@H]1C(=O)N2C(C(=O)[O-])=C(c3ccccc3C[n+]3ccccc3)S[C@H]12. The van der Waals surface area contributed by atoms with E-state index in [0.29, 0.717) is 11.4 Å². The van der Waals surface area contributed by atoms with E-state index in [1.54, 1.807) is 0 Å². The van der Waals surface area contributed by atoms with Gasteiger partial charge in [0, 0.05) is 22.6 Å². The van der Waals surface area contributed by atoms with Crippen LogP contribution >= 0.6 is 11.8 Å². The van der Waals surface area contributed by atoms with Gasteiger partial charge in [-0.05, 0) is 30.6 Å². The Kier molecular flexibility index (Phi) is 6.52. The highest BCUT2D eigenvalue weighted by atomic mass is 32.2. The van der Waals surface area contributed by atoms with Crippen LogP contribution < -0.4 is 9.67 Å². The number of carbonyl (C=O) groups is 2. The van der Waals surface area contributed by atoms with E-state index in [-0.39, 0.29) is 34.0 Å². The molecule has 1 saturated heterocycles. The highest BCUT2D eigenvalue weighted by molar-refractivity contribution is 8.09. The van der Waals surface area contributed by atoms with Crippen LogP contribution in [0.25, 0.3) is 4.91 Å². The summed E-state index contributed by atoms with van der Waals surface area (Å²) in [5.41, 5.74) is 1.78. The summed E-state index contributed by atoms with van der Waals surface area (Å²) < 4.78 is 8.55. The zero-order valence-electron chi connectivity index (χ0n) is 20.6. The van der Waals surface area contributed by atoms with Crippen LogP contribution in [0.5, 0.6) is 0 Å². The van der Waals surface area contributed by atoms with Crippen molar-refractivity contribution >= 4 is 36.9 Å². The first-order valence-corrected chi connectivity index (χ1v) is 15.4. The Labute approximate surface area is 206 Å². The second-order valence-corrected chi connectivity index (χ2v) is 16.4. The molecule has 0 unspecified atom stereocenters. The number of carbonyl (C=O) groups excluding carboxylic acids is 2. The molecule has 2 aliphatic rings. The van der Waals surface area contributed by atoms with Gasteiger partial charge in [-0.1, -0.05) is 62.9 Å². The van der Waals surface area contributed by atoms with Gasteiger partial charge in [-0.3, -0.25) is 9.69 Å². The van der Waals surface area contributed by atoms with Crippen LogP contribution in [0, 0.1) is 5.92 Å². The predicted octanol–water partition coefficient (Wildman–Crippen LogP) is 3.38. The number of hydrogen-bond donors (Lipinski definition) is 0. The van der Waals surface area contributed by atoms with E-state index in [1.165, 1.54) is 16.7 Å². The van der Waals surface area contributed by atoms with Crippen LogP contribution in [-0.4, -0.2) is 36.6 Å². The van der Waals surface area contributed by atoms with E-state index in [9.17, 15) is 14.7 Å². The number of β-lactam (4-membered cyclic amide) rings is 1. The molecule has 0 spiro atoms. The molecule has 1 fully saturated rings. The standard InChI is InChI=1S/C26H32N2O4SSi/c1-17(32-34(5,6)26(2,3)4)20-23(29)28-21(25(30)31)22(33-24(20)28)19-13-9-8-12-18(19)16-27-14-10-7-11-15-27/h7-15,17,20,24H,16H2,1-6H3/t17-,20+,24-/m1/s1. The quantitative estimate of drug-likeness (QED) is 0.334. The van der Waals surface area contributed by atoms with Gasteiger partial charge < -0.3 is 14.3 Å². The van der Waals surface area contributed by atoms with Crippen molar-refractivity contribution in [1.82, 2.24) is 4.90 Å². The van der Waals surface area contributed by atoms with Crippen molar-refractivity contribution in [2.75, 3.05) is 0 Å². The summed E-state index contributed by atoms with van der Waals surface area (Å²) in [7, 11) is -2.08. The van der Waals surface area contributed by atoms with Gasteiger partial charge in [-0.25, -0.2) is 4.57 Å². The third-order valence-electron chi connectivity index (χ3n) is 7.16. The highest BCUT2D eigenvalue weighted by Gasteiger charge is 2.58. The fraction of sp³-hybridized carbons (Fsp3) is 0.423. The molecule has 3 atom stereocenters. The van der Waals surface area contributed by atoms with Crippen LogP contribution in [0.2, 0.25) is 18.1 Å². The van der Waals surface area contributed by atoms with Crippen molar-refractivity contribution in [3.63, 3.8) is 0 Å². The molecule has 0 radical (unpaired) electrons.